The van der Waals surface area contributed by atoms with Crippen molar-refractivity contribution in [1.82, 2.24) is 0 Å². The summed E-state index contributed by atoms with van der Waals surface area (Å²) in [5.74, 6) is -1.40. The number of rotatable bonds is 3. The summed E-state index contributed by atoms with van der Waals surface area (Å²) in [5, 5.41) is 0. The summed E-state index contributed by atoms with van der Waals surface area (Å²) < 4.78 is 5.01. The Morgan fingerprint density at radius 3 is 2.58 bits per heavy atom. The Morgan fingerprint density at radius 1 is 1.32 bits per heavy atom. The molecule has 0 saturated heterocycles. The van der Waals surface area contributed by atoms with Crippen molar-refractivity contribution in [2.75, 3.05) is 4.90 Å². The quantitative estimate of drug-likeness (QED) is 0.357. The van der Waals surface area contributed by atoms with E-state index in [9.17, 15) is 14.4 Å². The molecule has 1 aromatic carbocycles. The van der Waals surface area contributed by atoms with E-state index in [1.807, 2.05) is 0 Å². The van der Waals surface area contributed by atoms with Crippen molar-refractivity contribution in [3.8, 4) is 5.75 Å². The Labute approximate surface area is 109 Å². The highest BCUT2D eigenvalue weighted by Gasteiger charge is 2.31. The third-order valence-corrected chi connectivity index (χ3v) is 2.58. The molecule has 0 atom stereocenters. The van der Waals surface area contributed by atoms with Crippen LogP contribution in [0.15, 0.2) is 48.6 Å². The summed E-state index contributed by atoms with van der Waals surface area (Å²) in [5.41, 5.74) is 0.579. The van der Waals surface area contributed by atoms with Gasteiger partial charge in [-0.05, 0) is 19.1 Å². The van der Waals surface area contributed by atoms with Crippen molar-refractivity contribution < 1.29 is 19.1 Å². The van der Waals surface area contributed by atoms with Crippen molar-refractivity contribution in [2.45, 2.75) is 6.92 Å². The van der Waals surface area contributed by atoms with E-state index in [0.29, 0.717) is 5.57 Å². The minimum Gasteiger partial charge on any atom is -0.421 e. The van der Waals surface area contributed by atoms with Crippen LogP contribution in [-0.4, -0.2) is 17.8 Å². The van der Waals surface area contributed by atoms with Crippen LogP contribution in [0.5, 0.6) is 5.75 Å². The monoisotopic (exact) mass is 257 g/mol. The summed E-state index contributed by atoms with van der Waals surface area (Å²) in [7, 11) is 0. The zero-order valence-corrected chi connectivity index (χ0v) is 10.3. The minimum atomic E-state index is -0.656. The molecule has 0 unspecified atom stereocenters. The second-order valence-corrected chi connectivity index (χ2v) is 3.90. The number of hydrogen-bond donors (Lipinski definition) is 0. The molecular weight excluding hydrogens is 246 g/mol. The van der Waals surface area contributed by atoms with Gasteiger partial charge in [0.1, 0.15) is 0 Å². The van der Waals surface area contributed by atoms with Crippen LogP contribution in [0, 0.1) is 0 Å². The molecule has 1 aliphatic heterocycles. The molecule has 0 bridgehead atoms. The number of imide groups is 1. The number of para-hydroxylation sites is 2. The van der Waals surface area contributed by atoms with Gasteiger partial charge in [-0.15, -0.1) is 0 Å². The fourth-order valence-corrected chi connectivity index (χ4v) is 1.69. The average Bonchev–Trinajstić information content (AvgIpc) is 2.64. The number of nitrogens with zero attached hydrogens (tertiary/aromatic N) is 1. The van der Waals surface area contributed by atoms with Crippen molar-refractivity contribution in [3.05, 3.63) is 48.6 Å². The highest BCUT2D eigenvalue weighted by molar-refractivity contribution is 6.30. The predicted octanol–water partition coefficient (Wildman–Crippen LogP) is 1.60. The normalized spacial score (nSPS) is 14.4. The molecule has 0 aromatic heterocycles. The van der Waals surface area contributed by atoms with E-state index in [2.05, 4.69) is 6.58 Å². The van der Waals surface area contributed by atoms with Gasteiger partial charge in [0.05, 0.1) is 5.69 Å². The van der Waals surface area contributed by atoms with Gasteiger partial charge in [-0.1, -0.05) is 18.7 Å². The lowest BCUT2D eigenvalue weighted by molar-refractivity contribution is -0.129. The predicted molar refractivity (Wildman–Crippen MR) is 68.5 cm³/mol. The number of ether oxygens (including phenoxy) is 1. The van der Waals surface area contributed by atoms with Crippen LogP contribution in [0.2, 0.25) is 0 Å². The lowest BCUT2D eigenvalue weighted by Gasteiger charge is -2.17. The van der Waals surface area contributed by atoms with Gasteiger partial charge in [0, 0.05) is 17.7 Å². The zero-order valence-electron chi connectivity index (χ0n) is 10.3. The number of anilines is 1. The SMILES string of the molecule is C=CC(=O)Oc1ccccc1N1C(=O)C=C(C)C1=O. The van der Waals surface area contributed by atoms with Crippen molar-refractivity contribution >= 4 is 23.5 Å². The molecule has 1 heterocycles. The van der Waals surface area contributed by atoms with Gasteiger partial charge in [-0.3, -0.25) is 9.59 Å². The van der Waals surface area contributed by atoms with Crippen molar-refractivity contribution in [1.29, 1.82) is 0 Å². The van der Waals surface area contributed by atoms with Crippen LogP contribution >= 0.6 is 0 Å². The highest BCUT2D eigenvalue weighted by atomic mass is 16.5. The average molecular weight is 257 g/mol. The molecule has 0 spiro atoms. The van der Waals surface area contributed by atoms with Gasteiger partial charge in [0.25, 0.3) is 11.8 Å². The van der Waals surface area contributed by atoms with Gasteiger partial charge < -0.3 is 4.74 Å². The zero-order chi connectivity index (χ0) is 14.0. The summed E-state index contributed by atoms with van der Waals surface area (Å²) in [6.07, 6.45) is 2.25. The minimum absolute atomic E-state index is 0.136. The van der Waals surface area contributed by atoms with Crippen LogP contribution in [0.4, 0.5) is 5.69 Å². The lowest BCUT2D eigenvalue weighted by atomic mass is 10.2. The fraction of sp³-hybridized carbons (Fsp3) is 0.0714. The van der Waals surface area contributed by atoms with Crippen molar-refractivity contribution in [2.24, 2.45) is 0 Å². The summed E-state index contributed by atoms with van der Waals surface area (Å²) in [6, 6.07) is 6.33. The highest BCUT2D eigenvalue weighted by Crippen LogP contribution is 2.31. The maximum atomic E-state index is 11.9. The van der Waals surface area contributed by atoms with Gasteiger partial charge in [-0.25, -0.2) is 9.69 Å². The van der Waals surface area contributed by atoms with Gasteiger partial charge in [0.2, 0.25) is 0 Å². The second kappa shape index (κ2) is 4.89. The molecule has 2 rings (SSSR count). The van der Waals surface area contributed by atoms with Crippen LogP contribution in [0.1, 0.15) is 6.92 Å². The molecule has 5 heteroatoms. The largest absolute Gasteiger partial charge is 0.421 e. The number of amides is 2. The molecule has 1 aliphatic rings. The van der Waals surface area contributed by atoms with E-state index in [1.165, 1.54) is 18.2 Å². The number of carbonyl (C=O) groups is 3. The fourth-order valence-electron chi connectivity index (χ4n) is 1.69. The maximum absolute atomic E-state index is 11.9. The molecule has 19 heavy (non-hydrogen) atoms. The summed E-state index contributed by atoms with van der Waals surface area (Å²) >= 11 is 0. The number of hydrogen-bond acceptors (Lipinski definition) is 4. The Kier molecular flexibility index (Phi) is 3.29. The topological polar surface area (TPSA) is 63.7 Å². The smallest absolute Gasteiger partial charge is 0.335 e. The van der Waals surface area contributed by atoms with E-state index in [0.717, 1.165) is 11.0 Å². The van der Waals surface area contributed by atoms with E-state index < -0.39 is 17.8 Å². The second-order valence-electron chi connectivity index (χ2n) is 3.90. The molecular formula is C14H11NO4. The van der Waals surface area contributed by atoms with Gasteiger partial charge in [0.15, 0.2) is 5.75 Å². The van der Waals surface area contributed by atoms with Crippen LogP contribution < -0.4 is 9.64 Å². The number of esters is 1. The Bertz CT molecular complexity index is 616. The van der Waals surface area contributed by atoms with E-state index in [-0.39, 0.29) is 11.4 Å². The standard InChI is InChI=1S/C14H11NO4/c1-3-13(17)19-11-7-5-4-6-10(11)15-12(16)8-9(2)14(15)18/h3-8H,1H2,2H3. The van der Waals surface area contributed by atoms with Crippen LogP contribution in [0.3, 0.4) is 0 Å². The van der Waals surface area contributed by atoms with Crippen LogP contribution in [0.25, 0.3) is 0 Å². The first-order valence-corrected chi connectivity index (χ1v) is 5.54. The van der Waals surface area contributed by atoms with E-state index >= 15 is 0 Å². The molecule has 2 amide bonds. The van der Waals surface area contributed by atoms with Gasteiger partial charge in [-0.2, -0.15) is 0 Å². The molecule has 0 fully saturated rings. The maximum Gasteiger partial charge on any atom is 0.335 e. The molecule has 0 N–H and O–H groups in total. The number of benzene rings is 1. The molecule has 96 valence electrons. The van der Waals surface area contributed by atoms with E-state index in [4.69, 9.17) is 4.74 Å². The van der Waals surface area contributed by atoms with E-state index in [1.54, 1.807) is 19.1 Å². The van der Waals surface area contributed by atoms with Gasteiger partial charge >= 0.3 is 5.97 Å². The first kappa shape index (κ1) is 12.8. The third kappa shape index (κ3) is 2.30. The molecule has 0 aliphatic carbocycles. The molecule has 0 saturated carbocycles. The molecule has 0 radical (unpaired) electrons. The lowest BCUT2D eigenvalue weighted by Crippen LogP contribution is -2.31. The van der Waals surface area contributed by atoms with Crippen molar-refractivity contribution in [3.63, 3.8) is 0 Å². The first-order chi connectivity index (χ1) is 9.04. The summed E-state index contributed by atoms with van der Waals surface area (Å²) in [6.45, 7) is 4.85. The Morgan fingerprint density at radius 2 is 2.00 bits per heavy atom. The third-order valence-electron chi connectivity index (χ3n) is 2.58. The Hall–Kier alpha value is -2.69. The molecule has 5 nitrogen and oxygen atoms in total. The van der Waals surface area contributed by atoms with Crippen LogP contribution in [-0.2, 0) is 14.4 Å². The first-order valence-electron chi connectivity index (χ1n) is 5.54. The Balaban J connectivity index is 2.41. The molecule has 1 aromatic rings. The summed E-state index contributed by atoms with van der Waals surface area (Å²) in [4.78, 5) is 35.9. The number of carbonyl (C=O) groups excluding carboxylic acids is 3.